The molecule has 1 amide bonds. The normalized spacial score (nSPS) is 10.5. The summed E-state index contributed by atoms with van der Waals surface area (Å²) in [7, 11) is 0. The Hall–Kier alpha value is -1.27. The number of carbonyl (C=O) groups excluding carboxylic acids is 1. The van der Waals surface area contributed by atoms with E-state index in [2.05, 4.69) is 27.9 Å². The quantitative estimate of drug-likeness (QED) is 0.715. The molecule has 0 bridgehead atoms. The van der Waals surface area contributed by atoms with Crippen molar-refractivity contribution >= 4 is 45.8 Å². The highest BCUT2D eigenvalue weighted by atomic mass is 127. The number of halogens is 2. The molecule has 110 valence electrons. The maximum absolute atomic E-state index is 12.1. The van der Waals surface area contributed by atoms with Gasteiger partial charge < -0.3 is 10.1 Å². The average molecular weight is 416 g/mol. The summed E-state index contributed by atoms with van der Waals surface area (Å²) in [5, 5.41) is 3.40. The Morgan fingerprint density at radius 2 is 1.86 bits per heavy atom. The number of anilines is 1. The molecule has 2 rings (SSSR count). The van der Waals surface area contributed by atoms with Crippen LogP contribution >= 0.6 is 34.2 Å². The summed E-state index contributed by atoms with van der Waals surface area (Å²) in [6.45, 7) is 3.94. The molecule has 0 radical (unpaired) electrons. The molecule has 0 saturated carbocycles. The Bertz CT molecular complexity index is 641. The molecular weight excluding hydrogens is 401 g/mol. The number of hydrogen-bond acceptors (Lipinski definition) is 2. The number of benzene rings is 2. The van der Waals surface area contributed by atoms with Crippen molar-refractivity contribution in [3.8, 4) is 5.75 Å². The van der Waals surface area contributed by atoms with Gasteiger partial charge in [-0.1, -0.05) is 11.6 Å². The van der Waals surface area contributed by atoms with E-state index in [0.29, 0.717) is 16.3 Å². The minimum Gasteiger partial charge on any atom is -0.491 e. The van der Waals surface area contributed by atoms with Gasteiger partial charge in [0.2, 0.25) is 0 Å². The first-order chi connectivity index (χ1) is 9.95. The Morgan fingerprint density at radius 3 is 2.43 bits per heavy atom. The summed E-state index contributed by atoms with van der Waals surface area (Å²) >= 11 is 8.15. The number of rotatable bonds is 4. The van der Waals surface area contributed by atoms with Crippen LogP contribution in [0.2, 0.25) is 5.02 Å². The van der Waals surface area contributed by atoms with Crippen LogP contribution < -0.4 is 10.1 Å². The number of ether oxygens (including phenoxy) is 1. The van der Waals surface area contributed by atoms with Gasteiger partial charge in [0.15, 0.2) is 0 Å². The van der Waals surface area contributed by atoms with Gasteiger partial charge in [-0.2, -0.15) is 0 Å². The zero-order valence-corrected chi connectivity index (χ0v) is 14.6. The Morgan fingerprint density at radius 1 is 1.19 bits per heavy atom. The molecule has 0 aliphatic rings. The second-order valence-corrected chi connectivity index (χ2v) is 6.34. The first-order valence-electron chi connectivity index (χ1n) is 6.49. The number of hydrogen-bond donors (Lipinski definition) is 1. The topological polar surface area (TPSA) is 38.3 Å². The van der Waals surface area contributed by atoms with E-state index in [1.54, 1.807) is 12.1 Å². The molecule has 0 aliphatic carbocycles. The Kier molecular flexibility index (Phi) is 5.47. The van der Waals surface area contributed by atoms with Gasteiger partial charge in [-0.05, 0) is 78.9 Å². The lowest BCUT2D eigenvalue weighted by atomic mass is 10.2. The lowest BCUT2D eigenvalue weighted by Gasteiger charge is -2.11. The van der Waals surface area contributed by atoms with Crippen LogP contribution in [0.1, 0.15) is 24.2 Å². The first kappa shape index (κ1) is 16.1. The molecule has 3 nitrogen and oxygen atoms in total. The third kappa shape index (κ3) is 4.61. The van der Waals surface area contributed by atoms with Crippen LogP contribution in [0.5, 0.6) is 5.75 Å². The highest BCUT2D eigenvalue weighted by molar-refractivity contribution is 14.1. The molecule has 2 aromatic rings. The van der Waals surface area contributed by atoms with E-state index < -0.39 is 0 Å². The lowest BCUT2D eigenvalue weighted by molar-refractivity contribution is 0.102. The summed E-state index contributed by atoms with van der Waals surface area (Å²) < 4.78 is 6.47. The van der Waals surface area contributed by atoms with Crippen molar-refractivity contribution in [2.45, 2.75) is 20.0 Å². The van der Waals surface area contributed by atoms with Gasteiger partial charge in [0.1, 0.15) is 5.75 Å². The van der Waals surface area contributed by atoms with Gasteiger partial charge in [-0.25, -0.2) is 0 Å². The number of nitrogens with one attached hydrogen (secondary N) is 1. The minimum atomic E-state index is -0.189. The van der Waals surface area contributed by atoms with E-state index in [1.807, 2.05) is 44.2 Å². The molecule has 0 aliphatic heterocycles. The fourth-order valence-corrected chi connectivity index (χ4v) is 2.25. The maximum atomic E-state index is 12.1. The molecule has 2 aromatic carbocycles. The highest BCUT2D eigenvalue weighted by Gasteiger charge is 2.08. The summed E-state index contributed by atoms with van der Waals surface area (Å²) in [5.41, 5.74) is 1.24. The zero-order chi connectivity index (χ0) is 15.4. The fraction of sp³-hybridized carbons (Fsp3) is 0.188. The van der Waals surface area contributed by atoms with E-state index in [-0.39, 0.29) is 12.0 Å². The smallest absolute Gasteiger partial charge is 0.255 e. The van der Waals surface area contributed by atoms with Gasteiger partial charge in [0.05, 0.1) is 11.1 Å². The van der Waals surface area contributed by atoms with Gasteiger partial charge >= 0.3 is 0 Å². The van der Waals surface area contributed by atoms with E-state index in [0.717, 1.165) is 9.32 Å². The predicted molar refractivity (Wildman–Crippen MR) is 94.3 cm³/mol. The second kappa shape index (κ2) is 7.13. The SMILES string of the molecule is CC(C)Oc1ccc(NC(=O)c2ccc(I)c(Cl)c2)cc1. The van der Waals surface area contributed by atoms with Crippen LogP contribution in [0.3, 0.4) is 0 Å². The van der Waals surface area contributed by atoms with Crippen molar-refractivity contribution in [3.63, 3.8) is 0 Å². The van der Waals surface area contributed by atoms with E-state index >= 15 is 0 Å². The van der Waals surface area contributed by atoms with Crippen molar-refractivity contribution in [2.24, 2.45) is 0 Å². The third-order valence-corrected chi connectivity index (χ3v) is 4.24. The van der Waals surface area contributed by atoms with E-state index in [1.165, 1.54) is 0 Å². The third-order valence-electron chi connectivity index (χ3n) is 2.67. The molecule has 0 atom stereocenters. The van der Waals surface area contributed by atoms with Crippen LogP contribution in [-0.4, -0.2) is 12.0 Å². The second-order valence-electron chi connectivity index (χ2n) is 4.77. The van der Waals surface area contributed by atoms with Crippen LogP contribution in [0.4, 0.5) is 5.69 Å². The van der Waals surface area contributed by atoms with Gasteiger partial charge in [-0.15, -0.1) is 0 Å². The molecule has 5 heteroatoms. The minimum absolute atomic E-state index is 0.124. The van der Waals surface area contributed by atoms with Crippen LogP contribution in [0, 0.1) is 3.57 Å². The Labute approximate surface area is 142 Å². The lowest BCUT2D eigenvalue weighted by Crippen LogP contribution is -2.12. The molecule has 0 spiro atoms. The van der Waals surface area contributed by atoms with Crippen molar-refractivity contribution in [1.29, 1.82) is 0 Å². The van der Waals surface area contributed by atoms with Gasteiger partial charge in [-0.3, -0.25) is 4.79 Å². The van der Waals surface area contributed by atoms with E-state index in [9.17, 15) is 4.79 Å². The molecule has 0 unspecified atom stereocenters. The molecule has 0 saturated heterocycles. The monoisotopic (exact) mass is 415 g/mol. The van der Waals surface area contributed by atoms with Crippen molar-refractivity contribution in [1.82, 2.24) is 0 Å². The van der Waals surface area contributed by atoms with E-state index in [4.69, 9.17) is 16.3 Å². The number of amides is 1. The van der Waals surface area contributed by atoms with Crippen molar-refractivity contribution < 1.29 is 9.53 Å². The van der Waals surface area contributed by atoms with Crippen LogP contribution in [-0.2, 0) is 0 Å². The average Bonchev–Trinajstić information content (AvgIpc) is 2.43. The maximum Gasteiger partial charge on any atom is 0.255 e. The largest absolute Gasteiger partial charge is 0.491 e. The summed E-state index contributed by atoms with van der Waals surface area (Å²) in [4.78, 5) is 12.1. The molecular formula is C16H15ClINO2. The molecule has 0 aromatic heterocycles. The molecule has 0 heterocycles. The molecule has 0 fully saturated rings. The van der Waals surface area contributed by atoms with Crippen LogP contribution in [0.15, 0.2) is 42.5 Å². The van der Waals surface area contributed by atoms with Crippen molar-refractivity contribution in [3.05, 3.63) is 56.6 Å². The zero-order valence-electron chi connectivity index (χ0n) is 11.7. The highest BCUT2D eigenvalue weighted by Crippen LogP contribution is 2.21. The summed E-state index contributed by atoms with van der Waals surface area (Å²) in [5.74, 6) is 0.589. The summed E-state index contributed by atoms with van der Waals surface area (Å²) in [6, 6.07) is 12.5. The number of carbonyl (C=O) groups is 1. The van der Waals surface area contributed by atoms with Crippen LogP contribution in [0.25, 0.3) is 0 Å². The molecule has 21 heavy (non-hydrogen) atoms. The molecule has 1 N–H and O–H groups in total. The van der Waals surface area contributed by atoms with Gasteiger partial charge in [0, 0.05) is 14.8 Å². The standard InChI is InChI=1S/C16H15ClINO2/c1-10(2)21-13-6-4-12(5-7-13)19-16(20)11-3-8-15(18)14(17)9-11/h3-10H,1-2H3,(H,19,20). The predicted octanol–water partition coefficient (Wildman–Crippen LogP) is 4.98. The summed E-state index contributed by atoms with van der Waals surface area (Å²) in [6.07, 6.45) is 0.124. The van der Waals surface area contributed by atoms with Gasteiger partial charge in [0.25, 0.3) is 5.91 Å². The Balaban J connectivity index is 2.06. The first-order valence-corrected chi connectivity index (χ1v) is 7.94. The van der Waals surface area contributed by atoms with Crippen molar-refractivity contribution in [2.75, 3.05) is 5.32 Å². The fourth-order valence-electron chi connectivity index (χ4n) is 1.73.